The molecule has 3 heterocycles. The Hall–Kier alpha value is -6.23. The molecular weight excluding hydrogens is 891 g/mol. The number of aryl methyl sites for hydroxylation is 2. The van der Waals surface area contributed by atoms with E-state index in [0.717, 1.165) is 44.6 Å². The van der Waals surface area contributed by atoms with E-state index in [0.29, 0.717) is 11.3 Å². The third kappa shape index (κ3) is 7.79. The zero-order chi connectivity index (χ0) is 42.8. The van der Waals surface area contributed by atoms with E-state index in [1.54, 1.807) is 23.5 Å². The molecule has 0 saturated heterocycles. The van der Waals surface area contributed by atoms with E-state index < -0.39 is 13.7 Å². The van der Waals surface area contributed by atoms with Gasteiger partial charge in [-0.1, -0.05) is 168 Å². The molecule has 7 aromatic carbocycles. The molecule has 277 valence electrons. The third-order valence-corrected chi connectivity index (χ3v) is 10.6. The van der Waals surface area contributed by atoms with Gasteiger partial charge in [0.25, 0.3) is 0 Å². The van der Waals surface area contributed by atoms with Gasteiger partial charge in [0.15, 0.2) is 0 Å². The maximum atomic E-state index is 7.28. The third-order valence-electron chi connectivity index (χ3n) is 9.69. The molecule has 5 heteroatoms. The number of nitrogens with zero attached hydrogens (tertiary/aromatic N) is 3. The molecule has 0 aliphatic heterocycles. The van der Waals surface area contributed by atoms with Crippen LogP contribution in [0.3, 0.4) is 0 Å². The van der Waals surface area contributed by atoms with Gasteiger partial charge >= 0.3 is 0 Å². The van der Waals surface area contributed by atoms with Crippen molar-refractivity contribution in [2.75, 3.05) is 0 Å². The Kier molecular flexibility index (Phi) is 9.15. The maximum Gasteiger partial charge on any atom is 0.0774 e. The molecule has 0 spiro atoms. The first kappa shape index (κ1) is 30.9. The number of thiophene rings is 1. The summed E-state index contributed by atoms with van der Waals surface area (Å²) < 4.78 is 47.2. The molecule has 0 aliphatic carbocycles. The van der Waals surface area contributed by atoms with Gasteiger partial charge in [0, 0.05) is 45.7 Å². The van der Waals surface area contributed by atoms with E-state index in [9.17, 15) is 0 Å². The molecular formula is C52H37IrN3S-2. The van der Waals surface area contributed by atoms with Gasteiger partial charge in [0.2, 0.25) is 0 Å². The summed E-state index contributed by atoms with van der Waals surface area (Å²) >= 11 is 1.65. The number of para-hydroxylation sites is 3. The predicted molar refractivity (Wildman–Crippen MR) is 235 cm³/mol. The van der Waals surface area contributed by atoms with Crippen molar-refractivity contribution in [3.63, 3.8) is 0 Å². The standard InChI is InChI=1S/C39H25N2S.C13H12N.Ir/c1-4-13-27(14-5-1)30-23-24-33-34(26-42-37(33)25-30)39-40-35-21-10-11-22-36(35)41(39)38-31(28-15-6-2-7-16-28)19-12-20-32(38)29-17-8-3-9-18-29;1-10-3-6-12(7-4-10)13-8-5-11(2)9-14-13;/h1-25H;3-6,8-9H,1-2H3;/q2*-1;/i;1D3,2D3;. The largest absolute Gasteiger partial charge is 0.332 e. The Morgan fingerprint density at radius 2 is 1.25 bits per heavy atom. The van der Waals surface area contributed by atoms with Gasteiger partial charge in [-0.2, -0.15) is 0 Å². The Bertz CT molecular complexity index is 3010. The molecule has 0 amide bonds. The maximum absolute atomic E-state index is 7.28. The summed E-state index contributed by atoms with van der Waals surface area (Å²) in [5, 5.41) is 4.82. The molecule has 1 radical (unpaired) electrons. The van der Waals surface area contributed by atoms with Crippen LogP contribution < -0.4 is 0 Å². The Balaban J connectivity index is 0.000000219. The Morgan fingerprint density at radius 3 is 1.88 bits per heavy atom. The van der Waals surface area contributed by atoms with Crippen LogP contribution in [0.4, 0.5) is 0 Å². The average Bonchev–Trinajstić information content (AvgIpc) is 3.91. The van der Waals surface area contributed by atoms with E-state index in [2.05, 4.69) is 173 Å². The fourth-order valence-corrected chi connectivity index (χ4v) is 7.87. The number of benzene rings is 7. The first-order valence-electron chi connectivity index (χ1n) is 21.2. The summed E-state index contributed by atoms with van der Waals surface area (Å²) in [7, 11) is 0. The zero-order valence-electron chi connectivity index (χ0n) is 36.5. The monoisotopic (exact) mass is 934 g/mol. The molecule has 0 unspecified atom stereocenters. The van der Waals surface area contributed by atoms with Crippen LogP contribution >= 0.6 is 11.3 Å². The minimum Gasteiger partial charge on any atom is -0.332 e. The number of hydrogen-bond donors (Lipinski definition) is 0. The predicted octanol–water partition coefficient (Wildman–Crippen LogP) is 13.9. The first-order valence-corrected chi connectivity index (χ1v) is 19.1. The molecule has 0 bridgehead atoms. The molecule has 57 heavy (non-hydrogen) atoms. The molecule has 3 aromatic heterocycles. The number of imidazole rings is 1. The van der Waals surface area contributed by atoms with Crippen LogP contribution in [-0.4, -0.2) is 14.5 Å². The van der Waals surface area contributed by atoms with E-state index in [1.807, 2.05) is 0 Å². The molecule has 10 rings (SSSR count). The molecule has 0 aliphatic rings. The van der Waals surface area contributed by atoms with Crippen molar-refractivity contribution in [1.82, 2.24) is 14.5 Å². The summed E-state index contributed by atoms with van der Waals surface area (Å²) in [6.45, 7) is -4.34. The zero-order valence-corrected chi connectivity index (χ0v) is 33.7. The minimum absolute atomic E-state index is 0. The van der Waals surface area contributed by atoms with Crippen LogP contribution in [0, 0.1) is 25.2 Å². The van der Waals surface area contributed by atoms with Crippen molar-refractivity contribution in [1.29, 1.82) is 0 Å². The van der Waals surface area contributed by atoms with Gasteiger partial charge in [-0.25, -0.2) is 0 Å². The summed E-state index contributed by atoms with van der Waals surface area (Å²) in [6, 6.07) is 64.0. The number of rotatable bonds is 6. The van der Waals surface area contributed by atoms with Crippen LogP contribution in [0.15, 0.2) is 188 Å². The van der Waals surface area contributed by atoms with Crippen LogP contribution in [0.5, 0.6) is 0 Å². The average molecular weight is 934 g/mol. The van der Waals surface area contributed by atoms with Crippen molar-refractivity contribution < 1.29 is 28.3 Å². The number of hydrogen-bond acceptors (Lipinski definition) is 3. The van der Waals surface area contributed by atoms with Gasteiger partial charge in [-0.15, -0.1) is 46.8 Å². The number of aromatic nitrogens is 3. The van der Waals surface area contributed by atoms with Gasteiger partial charge in [0.1, 0.15) is 0 Å². The number of fused-ring (bicyclic) bond motifs is 2. The van der Waals surface area contributed by atoms with E-state index in [4.69, 9.17) is 13.2 Å². The second-order valence-corrected chi connectivity index (χ2v) is 14.1. The van der Waals surface area contributed by atoms with Gasteiger partial charge in [-0.3, -0.25) is 16.3 Å². The summed E-state index contributed by atoms with van der Waals surface area (Å²) in [5.41, 5.74) is 12.8. The van der Waals surface area contributed by atoms with Crippen molar-refractivity contribution in [3.05, 3.63) is 211 Å². The van der Waals surface area contributed by atoms with E-state index in [1.165, 1.54) is 51.3 Å². The van der Waals surface area contributed by atoms with Crippen LogP contribution in [0.2, 0.25) is 0 Å². The molecule has 0 N–H and O–H groups in total. The molecule has 0 fully saturated rings. The summed E-state index contributed by atoms with van der Waals surface area (Å²) in [4.78, 5) is 9.35. The fraction of sp³-hybridized carbons (Fsp3) is 0.0385. The van der Waals surface area contributed by atoms with Crippen molar-refractivity contribution in [2.45, 2.75) is 13.7 Å². The van der Waals surface area contributed by atoms with Crippen molar-refractivity contribution in [3.8, 4) is 61.7 Å². The van der Waals surface area contributed by atoms with Gasteiger partial charge in [-0.05, 0) is 52.5 Å². The Labute approximate surface area is 359 Å². The topological polar surface area (TPSA) is 30.7 Å². The second kappa shape index (κ2) is 16.9. The quantitative estimate of drug-likeness (QED) is 0.156. The summed E-state index contributed by atoms with van der Waals surface area (Å²) in [6.07, 6.45) is 1.30. The fourth-order valence-electron chi connectivity index (χ4n) is 6.99. The van der Waals surface area contributed by atoms with Crippen LogP contribution in [0.1, 0.15) is 19.4 Å². The molecule has 3 nitrogen and oxygen atoms in total. The first-order chi connectivity index (χ1) is 30.0. The second-order valence-electron chi connectivity index (χ2n) is 13.3. The normalized spacial score (nSPS) is 12.8. The minimum atomic E-state index is -2.18. The van der Waals surface area contributed by atoms with Gasteiger partial charge < -0.3 is 9.55 Å². The SMILES string of the molecule is [2H]C([2H])([2H])c1c[c-]c(-c2ccc(C([2H])([2H])[2H])cn2)cc1.[Ir].[c-]1sc2cc(-c3ccccc3)ccc2c1-c1nc2ccccc2n1-c1c(-c2ccccc2)cccc1-c1ccccc1. The molecule has 0 atom stereocenters. The van der Waals surface area contributed by atoms with Crippen molar-refractivity contribution in [2.24, 2.45) is 0 Å². The Morgan fingerprint density at radius 1 is 0.596 bits per heavy atom. The van der Waals surface area contributed by atoms with Gasteiger partial charge in [0.05, 0.1) is 22.5 Å². The molecule has 0 saturated carbocycles. The van der Waals surface area contributed by atoms with E-state index in [-0.39, 0.29) is 31.2 Å². The molecule has 10 aromatic rings. The van der Waals surface area contributed by atoms with Crippen molar-refractivity contribution >= 4 is 32.5 Å². The van der Waals surface area contributed by atoms with Crippen LogP contribution in [0.25, 0.3) is 82.8 Å². The smallest absolute Gasteiger partial charge is 0.0774 e. The number of pyridine rings is 1. The van der Waals surface area contributed by atoms with E-state index >= 15 is 0 Å². The van der Waals surface area contributed by atoms with Crippen LogP contribution in [-0.2, 0) is 20.1 Å². The summed E-state index contributed by atoms with van der Waals surface area (Å²) in [5.74, 6) is 0.899.